The molecule has 1 saturated heterocycles. The zero-order chi connectivity index (χ0) is 16.6. The molecule has 5 nitrogen and oxygen atoms in total. The maximum atomic E-state index is 4.35. The van der Waals surface area contributed by atoms with Crippen molar-refractivity contribution in [1.29, 1.82) is 0 Å². The van der Waals surface area contributed by atoms with Crippen LogP contribution in [0.25, 0.3) is 0 Å². The summed E-state index contributed by atoms with van der Waals surface area (Å²) < 4.78 is 0. The first kappa shape index (κ1) is 20.0. The number of halogens is 1. The topological polar surface area (TPSA) is 52.6 Å². The van der Waals surface area contributed by atoms with Gasteiger partial charge in [-0.1, -0.05) is 6.07 Å². The highest BCUT2D eigenvalue weighted by Gasteiger charge is 2.20. The first-order valence-electron chi connectivity index (χ1n) is 8.49. The lowest BCUT2D eigenvalue weighted by Gasteiger charge is -2.33. The van der Waals surface area contributed by atoms with Crippen LogP contribution < -0.4 is 15.5 Å². The Bertz CT molecular complexity index is 624. The molecule has 1 fully saturated rings. The lowest BCUT2D eigenvalue weighted by Crippen LogP contribution is -2.49. The minimum absolute atomic E-state index is 0. The average Bonchev–Trinajstić information content (AvgIpc) is 3.17. The first-order valence-corrected chi connectivity index (χ1v) is 9.37. The molecule has 0 radical (unpaired) electrons. The Balaban J connectivity index is 0.00000225. The molecule has 25 heavy (non-hydrogen) atoms. The van der Waals surface area contributed by atoms with E-state index < -0.39 is 0 Å². The standard InChI is InChI=1S/C18H25N5S.HI/c1-19-18(21-10-6-15-4-2-9-20-14-15)22-16-7-11-23(12-8-16)17-5-3-13-24-17;/h2-5,9,13-14,16H,6-8,10-12H2,1H3,(H2,19,21,22);1H. The van der Waals surface area contributed by atoms with Crippen LogP contribution in [-0.4, -0.2) is 43.7 Å². The first-order chi connectivity index (χ1) is 11.8. The van der Waals surface area contributed by atoms with E-state index in [2.05, 4.69) is 49.1 Å². The van der Waals surface area contributed by atoms with Gasteiger partial charge >= 0.3 is 0 Å². The summed E-state index contributed by atoms with van der Waals surface area (Å²) in [7, 11) is 1.83. The summed E-state index contributed by atoms with van der Waals surface area (Å²) in [5.41, 5.74) is 1.24. The van der Waals surface area contributed by atoms with Crippen LogP contribution in [0.4, 0.5) is 5.00 Å². The van der Waals surface area contributed by atoms with Gasteiger partial charge in [0.25, 0.3) is 0 Å². The van der Waals surface area contributed by atoms with Crippen LogP contribution in [0.5, 0.6) is 0 Å². The molecule has 3 rings (SSSR count). The molecule has 0 atom stereocenters. The largest absolute Gasteiger partial charge is 0.363 e. The molecule has 136 valence electrons. The number of nitrogens with one attached hydrogen (secondary N) is 2. The maximum absolute atomic E-state index is 4.35. The molecular formula is C18H26IN5S. The van der Waals surface area contributed by atoms with Gasteiger partial charge in [0.05, 0.1) is 5.00 Å². The van der Waals surface area contributed by atoms with Gasteiger partial charge in [-0.15, -0.1) is 35.3 Å². The van der Waals surface area contributed by atoms with Gasteiger partial charge in [-0.2, -0.15) is 0 Å². The van der Waals surface area contributed by atoms with Crippen molar-refractivity contribution in [3.05, 3.63) is 47.6 Å². The number of piperidine rings is 1. The fourth-order valence-electron chi connectivity index (χ4n) is 2.95. The second-order valence-corrected chi connectivity index (χ2v) is 6.89. The number of guanidine groups is 1. The third kappa shape index (κ3) is 6.14. The summed E-state index contributed by atoms with van der Waals surface area (Å²) in [6.07, 6.45) is 6.95. The molecule has 0 aromatic carbocycles. The zero-order valence-corrected chi connectivity index (χ0v) is 17.7. The summed E-state index contributed by atoms with van der Waals surface area (Å²) in [4.78, 5) is 11.0. The van der Waals surface area contributed by atoms with Crippen LogP contribution in [0.1, 0.15) is 18.4 Å². The van der Waals surface area contributed by atoms with E-state index >= 15 is 0 Å². The predicted octanol–water partition coefficient (Wildman–Crippen LogP) is 3.14. The van der Waals surface area contributed by atoms with E-state index in [1.807, 2.05) is 30.6 Å². The van der Waals surface area contributed by atoms with Crippen molar-refractivity contribution in [1.82, 2.24) is 15.6 Å². The van der Waals surface area contributed by atoms with Crippen molar-refractivity contribution in [2.75, 3.05) is 31.6 Å². The third-order valence-electron chi connectivity index (χ3n) is 4.31. The summed E-state index contributed by atoms with van der Waals surface area (Å²) >= 11 is 1.82. The summed E-state index contributed by atoms with van der Waals surface area (Å²) in [6, 6.07) is 8.90. The summed E-state index contributed by atoms with van der Waals surface area (Å²) in [5.74, 6) is 0.897. The molecule has 0 spiro atoms. The number of nitrogens with zero attached hydrogens (tertiary/aromatic N) is 3. The molecule has 0 amide bonds. The minimum atomic E-state index is 0. The molecule has 0 unspecified atom stereocenters. The zero-order valence-electron chi connectivity index (χ0n) is 14.5. The van der Waals surface area contributed by atoms with E-state index in [4.69, 9.17) is 0 Å². The highest BCUT2D eigenvalue weighted by Crippen LogP contribution is 2.24. The van der Waals surface area contributed by atoms with Crippen LogP contribution in [0, 0.1) is 0 Å². The smallest absolute Gasteiger partial charge is 0.191 e. The highest BCUT2D eigenvalue weighted by molar-refractivity contribution is 14.0. The Morgan fingerprint density at radius 3 is 2.80 bits per heavy atom. The van der Waals surface area contributed by atoms with Crippen molar-refractivity contribution in [3.63, 3.8) is 0 Å². The normalized spacial score (nSPS) is 15.6. The van der Waals surface area contributed by atoms with Crippen molar-refractivity contribution >= 4 is 46.3 Å². The van der Waals surface area contributed by atoms with Gasteiger partial charge in [-0.25, -0.2) is 0 Å². The number of aromatic nitrogens is 1. The van der Waals surface area contributed by atoms with Gasteiger partial charge in [0.1, 0.15) is 0 Å². The lowest BCUT2D eigenvalue weighted by atomic mass is 10.1. The van der Waals surface area contributed by atoms with Crippen molar-refractivity contribution < 1.29 is 0 Å². The van der Waals surface area contributed by atoms with Crippen LogP contribution in [0.15, 0.2) is 47.0 Å². The Hall–Kier alpha value is -1.35. The molecule has 2 aromatic rings. The van der Waals surface area contributed by atoms with Gasteiger partial charge in [0, 0.05) is 45.1 Å². The fraction of sp³-hybridized carbons (Fsp3) is 0.444. The SMILES string of the molecule is CN=C(NCCc1cccnc1)NC1CCN(c2cccs2)CC1.I. The lowest BCUT2D eigenvalue weighted by molar-refractivity contribution is 0.463. The van der Waals surface area contributed by atoms with E-state index in [1.165, 1.54) is 10.6 Å². The molecule has 3 heterocycles. The van der Waals surface area contributed by atoms with Crippen molar-refractivity contribution in [2.24, 2.45) is 4.99 Å². The number of aliphatic imine (C=N–C) groups is 1. The number of hydrogen-bond donors (Lipinski definition) is 2. The van der Waals surface area contributed by atoms with Gasteiger partial charge in [0.2, 0.25) is 0 Å². The Kier molecular flexibility index (Phi) is 8.47. The number of anilines is 1. The molecule has 1 aliphatic rings. The van der Waals surface area contributed by atoms with E-state index in [0.717, 1.165) is 44.9 Å². The molecular weight excluding hydrogens is 445 g/mol. The molecule has 7 heteroatoms. The van der Waals surface area contributed by atoms with Gasteiger partial charge in [0.15, 0.2) is 5.96 Å². The van der Waals surface area contributed by atoms with E-state index in [0.29, 0.717) is 6.04 Å². The Labute approximate surface area is 171 Å². The quantitative estimate of drug-likeness (QED) is 0.400. The number of hydrogen-bond acceptors (Lipinski definition) is 4. The van der Waals surface area contributed by atoms with Crippen LogP contribution >= 0.6 is 35.3 Å². The van der Waals surface area contributed by atoms with Gasteiger partial charge < -0.3 is 15.5 Å². The highest BCUT2D eigenvalue weighted by atomic mass is 127. The molecule has 2 aromatic heterocycles. The van der Waals surface area contributed by atoms with Gasteiger partial charge in [-0.05, 0) is 48.4 Å². The van der Waals surface area contributed by atoms with Gasteiger partial charge in [-0.3, -0.25) is 9.98 Å². The fourth-order valence-corrected chi connectivity index (χ4v) is 3.74. The van der Waals surface area contributed by atoms with Crippen molar-refractivity contribution in [2.45, 2.75) is 25.3 Å². The summed E-state index contributed by atoms with van der Waals surface area (Å²) in [6.45, 7) is 3.06. The second-order valence-electron chi connectivity index (χ2n) is 5.97. The molecule has 0 aliphatic carbocycles. The Morgan fingerprint density at radius 1 is 1.32 bits per heavy atom. The maximum Gasteiger partial charge on any atom is 0.191 e. The number of pyridine rings is 1. The molecule has 0 saturated carbocycles. The molecule has 0 bridgehead atoms. The van der Waals surface area contributed by atoms with E-state index in [-0.39, 0.29) is 24.0 Å². The average molecular weight is 471 g/mol. The van der Waals surface area contributed by atoms with Crippen molar-refractivity contribution in [3.8, 4) is 0 Å². The monoisotopic (exact) mass is 471 g/mol. The van der Waals surface area contributed by atoms with Crippen LogP contribution in [-0.2, 0) is 6.42 Å². The second kappa shape index (κ2) is 10.6. The summed E-state index contributed by atoms with van der Waals surface area (Å²) in [5, 5.41) is 10.5. The van der Waals surface area contributed by atoms with E-state index in [9.17, 15) is 0 Å². The minimum Gasteiger partial charge on any atom is -0.363 e. The number of thiophene rings is 1. The molecule has 1 aliphatic heterocycles. The Morgan fingerprint density at radius 2 is 2.16 bits per heavy atom. The molecule has 2 N–H and O–H groups in total. The predicted molar refractivity (Wildman–Crippen MR) is 117 cm³/mol. The van der Waals surface area contributed by atoms with E-state index in [1.54, 1.807) is 6.20 Å². The van der Waals surface area contributed by atoms with Crippen LogP contribution in [0.3, 0.4) is 0 Å². The van der Waals surface area contributed by atoms with Crippen LogP contribution in [0.2, 0.25) is 0 Å². The number of rotatable bonds is 5. The third-order valence-corrected chi connectivity index (χ3v) is 5.24.